The molecule has 1 unspecified atom stereocenters. The molecule has 22 heavy (non-hydrogen) atoms. The van der Waals surface area contributed by atoms with E-state index in [-0.39, 0.29) is 6.04 Å². The summed E-state index contributed by atoms with van der Waals surface area (Å²) in [5.74, 6) is 0.918. The van der Waals surface area contributed by atoms with Gasteiger partial charge in [0.2, 0.25) is 0 Å². The van der Waals surface area contributed by atoms with Crippen molar-refractivity contribution in [2.75, 3.05) is 6.61 Å². The van der Waals surface area contributed by atoms with Gasteiger partial charge in [0.1, 0.15) is 5.75 Å². The fourth-order valence-corrected chi connectivity index (χ4v) is 2.76. The third kappa shape index (κ3) is 3.49. The van der Waals surface area contributed by atoms with E-state index in [1.807, 2.05) is 48.5 Å². The summed E-state index contributed by atoms with van der Waals surface area (Å²) >= 11 is 3.44. The van der Waals surface area contributed by atoms with Gasteiger partial charge in [0.05, 0.1) is 6.61 Å². The Labute approximate surface area is 139 Å². The Hall–Kier alpha value is -1.84. The smallest absolute Gasteiger partial charge is 0.127 e. The molecule has 2 N–H and O–H groups in total. The lowest BCUT2D eigenvalue weighted by molar-refractivity contribution is 0.302. The summed E-state index contributed by atoms with van der Waals surface area (Å²) in [5, 5.41) is 2.33. The number of hydrogen-bond donors (Lipinski definition) is 1. The highest BCUT2D eigenvalue weighted by Gasteiger charge is 2.07. The molecule has 3 heteroatoms. The van der Waals surface area contributed by atoms with Crippen LogP contribution in [-0.4, -0.2) is 6.61 Å². The summed E-state index contributed by atoms with van der Waals surface area (Å²) < 4.78 is 7.01. The second-order valence-electron chi connectivity index (χ2n) is 5.27. The molecule has 0 radical (unpaired) electrons. The maximum Gasteiger partial charge on any atom is 0.127 e. The zero-order valence-corrected chi connectivity index (χ0v) is 13.8. The number of fused-ring (bicyclic) bond motifs is 1. The van der Waals surface area contributed by atoms with Crippen molar-refractivity contribution in [2.45, 2.75) is 12.5 Å². The summed E-state index contributed by atoms with van der Waals surface area (Å²) in [6, 6.07) is 22.5. The average Bonchev–Trinajstić information content (AvgIpc) is 2.55. The molecule has 1 atom stereocenters. The second-order valence-corrected chi connectivity index (χ2v) is 6.19. The van der Waals surface area contributed by atoms with Crippen LogP contribution in [0.1, 0.15) is 18.0 Å². The Morgan fingerprint density at radius 3 is 2.45 bits per heavy atom. The molecule has 0 heterocycles. The summed E-state index contributed by atoms with van der Waals surface area (Å²) in [6.07, 6.45) is 0.783. The van der Waals surface area contributed by atoms with E-state index in [1.165, 1.54) is 5.39 Å². The molecule has 0 bridgehead atoms. The van der Waals surface area contributed by atoms with Crippen molar-refractivity contribution in [3.05, 3.63) is 76.8 Å². The Bertz CT molecular complexity index is 749. The molecule has 0 aliphatic rings. The topological polar surface area (TPSA) is 35.2 Å². The van der Waals surface area contributed by atoms with Gasteiger partial charge in [-0.05, 0) is 29.1 Å². The van der Waals surface area contributed by atoms with Gasteiger partial charge >= 0.3 is 0 Å². The van der Waals surface area contributed by atoms with Crippen molar-refractivity contribution in [1.29, 1.82) is 0 Å². The van der Waals surface area contributed by atoms with Gasteiger partial charge in [0.25, 0.3) is 0 Å². The third-order valence-corrected chi connectivity index (χ3v) is 4.26. The van der Waals surface area contributed by atoms with Crippen LogP contribution in [0.5, 0.6) is 5.75 Å². The predicted octanol–water partition coefficient (Wildman–Crippen LogP) is 5.07. The van der Waals surface area contributed by atoms with Gasteiger partial charge in [-0.25, -0.2) is 0 Å². The van der Waals surface area contributed by atoms with E-state index in [0.29, 0.717) is 6.61 Å². The lowest BCUT2D eigenvalue weighted by atomic mass is 10.1. The second kappa shape index (κ2) is 6.95. The van der Waals surface area contributed by atoms with Crippen molar-refractivity contribution in [3.8, 4) is 5.75 Å². The average molecular weight is 356 g/mol. The Morgan fingerprint density at radius 2 is 1.64 bits per heavy atom. The van der Waals surface area contributed by atoms with Crippen molar-refractivity contribution in [2.24, 2.45) is 5.73 Å². The van der Waals surface area contributed by atoms with Crippen LogP contribution in [0.2, 0.25) is 0 Å². The zero-order chi connectivity index (χ0) is 15.4. The first-order valence-electron chi connectivity index (χ1n) is 7.35. The standard InChI is InChI=1S/C19H18BrNO/c20-16-10-8-15(9-11-16)18(21)12-13-22-19-7-3-5-14-4-1-2-6-17(14)19/h1-11,18H,12-13,21H2. The summed E-state index contributed by atoms with van der Waals surface area (Å²) in [6.45, 7) is 0.602. The molecular formula is C19H18BrNO. The van der Waals surface area contributed by atoms with E-state index in [0.717, 1.165) is 27.6 Å². The minimum absolute atomic E-state index is 0.0110. The highest BCUT2D eigenvalue weighted by molar-refractivity contribution is 9.10. The van der Waals surface area contributed by atoms with E-state index in [2.05, 4.69) is 34.1 Å². The minimum Gasteiger partial charge on any atom is -0.493 e. The quantitative estimate of drug-likeness (QED) is 0.693. The maximum absolute atomic E-state index is 6.23. The summed E-state index contributed by atoms with van der Waals surface area (Å²) in [4.78, 5) is 0. The van der Waals surface area contributed by atoms with Gasteiger partial charge in [-0.1, -0.05) is 64.5 Å². The van der Waals surface area contributed by atoms with Crippen molar-refractivity contribution in [1.82, 2.24) is 0 Å². The Balaban J connectivity index is 1.63. The predicted molar refractivity (Wildman–Crippen MR) is 95.1 cm³/mol. The molecule has 112 valence electrons. The van der Waals surface area contributed by atoms with Crippen molar-refractivity contribution in [3.63, 3.8) is 0 Å². The van der Waals surface area contributed by atoms with Gasteiger partial charge in [0.15, 0.2) is 0 Å². The summed E-state index contributed by atoms with van der Waals surface area (Å²) in [7, 11) is 0. The molecule has 0 aliphatic heterocycles. The zero-order valence-electron chi connectivity index (χ0n) is 12.2. The number of hydrogen-bond acceptors (Lipinski definition) is 2. The van der Waals surface area contributed by atoms with E-state index >= 15 is 0 Å². The highest BCUT2D eigenvalue weighted by atomic mass is 79.9. The van der Waals surface area contributed by atoms with Crippen LogP contribution in [0.15, 0.2) is 71.2 Å². The lowest BCUT2D eigenvalue weighted by Crippen LogP contribution is -2.14. The van der Waals surface area contributed by atoms with Crippen LogP contribution < -0.4 is 10.5 Å². The molecule has 0 saturated carbocycles. The number of nitrogens with two attached hydrogens (primary N) is 1. The number of halogens is 1. The monoisotopic (exact) mass is 355 g/mol. The van der Waals surface area contributed by atoms with E-state index in [1.54, 1.807) is 0 Å². The number of ether oxygens (including phenoxy) is 1. The highest BCUT2D eigenvalue weighted by Crippen LogP contribution is 2.26. The molecule has 0 spiro atoms. The van der Waals surface area contributed by atoms with E-state index in [4.69, 9.17) is 10.5 Å². The maximum atomic E-state index is 6.23. The Kier molecular flexibility index (Phi) is 4.76. The van der Waals surface area contributed by atoms with Crippen LogP contribution in [0.25, 0.3) is 10.8 Å². The molecule has 3 aromatic rings. The SMILES string of the molecule is NC(CCOc1cccc2ccccc12)c1ccc(Br)cc1. The van der Waals surface area contributed by atoms with Crippen LogP contribution in [-0.2, 0) is 0 Å². The van der Waals surface area contributed by atoms with Crippen LogP contribution in [0.3, 0.4) is 0 Å². The van der Waals surface area contributed by atoms with Crippen molar-refractivity contribution >= 4 is 26.7 Å². The third-order valence-electron chi connectivity index (χ3n) is 3.73. The van der Waals surface area contributed by atoms with E-state index < -0.39 is 0 Å². The van der Waals surface area contributed by atoms with Gasteiger partial charge < -0.3 is 10.5 Å². The Morgan fingerprint density at radius 1 is 0.909 bits per heavy atom. The molecule has 0 fully saturated rings. The van der Waals surface area contributed by atoms with Crippen LogP contribution in [0.4, 0.5) is 0 Å². The first-order chi connectivity index (χ1) is 10.7. The molecular weight excluding hydrogens is 338 g/mol. The fourth-order valence-electron chi connectivity index (χ4n) is 2.49. The number of benzene rings is 3. The van der Waals surface area contributed by atoms with Crippen LogP contribution in [0, 0.1) is 0 Å². The molecule has 2 nitrogen and oxygen atoms in total. The van der Waals surface area contributed by atoms with Crippen LogP contribution >= 0.6 is 15.9 Å². The number of rotatable bonds is 5. The van der Waals surface area contributed by atoms with Gasteiger partial charge in [0, 0.05) is 22.3 Å². The summed E-state index contributed by atoms with van der Waals surface area (Å²) in [5.41, 5.74) is 7.36. The van der Waals surface area contributed by atoms with Crippen molar-refractivity contribution < 1.29 is 4.74 Å². The van der Waals surface area contributed by atoms with Gasteiger partial charge in [-0.3, -0.25) is 0 Å². The molecule has 0 amide bonds. The molecule has 0 aliphatic carbocycles. The lowest BCUT2D eigenvalue weighted by Gasteiger charge is -2.14. The molecule has 0 saturated heterocycles. The van der Waals surface area contributed by atoms with Gasteiger partial charge in [-0.2, -0.15) is 0 Å². The minimum atomic E-state index is -0.0110. The van der Waals surface area contributed by atoms with E-state index in [9.17, 15) is 0 Å². The normalized spacial score (nSPS) is 12.3. The largest absolute Gasteiger partial charge is 0.493 e. The first kappa shape index (κ1) is 15.1. The van der Waals surface area contributed by atoms with Gasteiger partial charge in [-0.15, -0.1) is 0 Å². The molecule has 0 aromatic heterocycles. The molecule has 3 aromatic carbocycles. The molecule has 3 rings (SSSR count). The fraction of sp³-hybridized carbons (Fsp3) is 0.158. The first-order valence-corrected chi connectivity index (χ1v) is 8.15.